The number of anilines is 1. The van der Waals surface area contributed by atoms with Crippen LogP contribution in [-0.4, -0.2) is 22.9 Å². The first-order chi connectivity index (χ1) is 14.7. The molecule has 0 spiro atoms. The number of Topliss-reactive ketones (excluding diaryl/α,β-unsaturated/α-hetero) is 1. The van der Waals surface area contributed by atoms with Crippen molar-refractivity contribution in [2.24, 2.45) is 0 Å². The molecule has 0 radical (unpaired) electrons. The number of aryl methyl sites for hydroxylation is 2. The van der Waals surface area contributed by atoms with Crippen molar-refractivity contribution in [2.45, 2.75) is 26.8 Å². The van der Waals surface area contributed by atoms with E-state index in [0.717, 1.165) is 17.0 Å². The third kappa shape index (κ3) is 5.27. The van der Waals surface area contributed by atoms with E-state index in [1.807, 2.05) is 18.4 Å². The maximum Gasteiger partial charge on any atom is 0.340 e. The number of halogens is 3. The molecule has 1 aromatic heterocycles. The van der Waals surface area contributed by atoms with Crippen LogP contribution in [0, 0.1) is 19.7 Å². The molecule has 2 N–H and O–H groups in total. The Balaban J connectivity index is 1.67. The largest absolute Gasteiger partial charge is 0.454 e. The minimum Gasteiger partial charge on any atom is -0.454 e. The van der Waals surface area contributed by atoms with Crippen LogP contribution in [0.2, 0.25) is 10.0 Å². The van der Waals surface area contributed by atoms with E-state index in [1.54, 1.807) is 18.2 Å². The fourth-order valence-electron chi connectivity index (χ4n) is 3.36. The van der Waals surface area contributed by atoms with Gasteiger partial charge < -0.3 is 15.0 Å². The topological polar surface area (TPSA) is 74.3 Å². The van der Waals surface area contributed by atoms with Gasteiger partial charge in [-0.25, -0.2) is 9.18 Å². The van der Waals surface area contributed by atoms with E-state index in [1.165, 1.54) is 24.3 Å². The summed E-state index contributed by atoms with van der Waals surface area (Å²) in [6, 6.07) is 10.9. The lowest BCUT2D eigenvalue weighted by molar-refractivity contribution is 0.0475. The fourth-order valence-corrected chi connectivity index (χ4v) is 3.85. The first-order valence-corrected chi connectivity index (χ1v) is 10.3. The molecule has 0 aliphatic rings. The lowest BCUT2D eigenvalue weighted by atomic mass is 10.1. The van der Waals surface area contributed by atoms with Crippen molar-refractivity contribution in [1.29, 1.82) is 0 Å². The quantitative estimate of drug-likeness (QED) is 0.289. The van der Waals surface area contributed by atoms with E-state index in [2.05, 4.69) is 0 Å². The van der Waals surface area contributed by atoms with Crippen LogP contribution in [0.15, 0.2) is 42.5 Å². The summed E-state index contributed by atoms with van der Waals surface area (Å²) in [6.07, 6.45) is 0.689. The SMILES string of the molecule is Cc1cc(C(=O)COC(=O)c2cc(Cl)cc(Cl)c2N)c(C)n1CCc1ccc(F)cc1. The first kappa shape index (κ1) is 22.8. The Morgan fingerprint density at radius 2 is 1.74 bits per heavy atom. The van der Waals surface area contributed by atoms with Gasteiger partial charge in [0.25, 0.3) is 0 Å². The Morgan fingerprint density at radius 3 is 2.42 bits per heavy atom. The van der Waals surface area contributed by atoms with Gasteiger partial charge in [-0.2, -0.15) is 0 Å². The van der Waals surface area contributed by atoms with Gasteiger partial charge in [-0.05, 0) is 56.2 Å². The molecule has 0 saturated carbocycles. The summed E-state index contributed by atoms with van der Waals surface area (Å²) in [5.74, 6) is -1.39. The normalized spacial score (nSPS) is 10.9. The van der Waals surface area contributed by atoms with E-state index in [4.69, 9.17) is 33.7 Å². The molecule has 2 aromatic carbocycles. The van der Waals surface area contributed by atoms with Gasteiger partial charge in [0.2, 0.25) is 5.78 Å². The molecule has 0 fully saturated rings. The predicted molar refractivity (Wildman–Crippen MR) is 119 cm³/mol. The lowest BCUT2D eigenvalue weighted by Crippen LogP contribution is -2.16. The molecule has 5 nitrogen and oxygen atoms in total. The molecule has 31 heavy (non-hydrogen) atoms. The molecule has 0 saturated heterocycles. The standard InChI is InChI=1S/C23H21Cl2FN2O3/c1-13-9-18(14(2)28(13)8-7-15-3-5-17(26)6-4-15)21(29)12-31-23(30)19-10-16(24)11-20(25)22(19)27/h3-6,9-11H,7-8,12,27H2,1-2H3. The summed E-state index contributed by atoms with van der Waals surface area (Å²) in [7, 11) is 0. The number of hydrogen-bond acceptors (Lipinski definition) is 4. The highest BCUT2D eigenvalue weighted by molar-refractivity contribution is 6.37. The second kappa shape index (κ2) is 9.54. The van der Waals surface area contributed by atoms with Gasteiger partial charge in [0.05, 0.1) is 16.3 Å². The fraction of sp³-hybridized carbons (Fsp3) is 0.217. The van der Waals surface area contributed by atoms with Gasteiger partial charge in [0.1, 0.15) is 5.82 Å². The van der Waals surface area contributed by atoms with Crippen molar-refractivity contribution in [3.05, 3.63) is 86.4 Å². The van der Waals surface area contributed by atoms with Crippen LogP contribution in [0.25, 0.3) is 0 Å². The molecule has 8 heteroatoms. The van der Waals surface area contributed by atoms with Crippen LogP contribution in [0.3, 0.4) is 0 Å². The van der Waals surface area contributed by atoms with Crippen LogP contribution in [-0.2, 0) is 17.7 Å². The van der Waals surface area contributed by atoms with Crippen molar-refractivity contribution < 1.29 is 18.7 Å². The second-order valence-electron chi connectivity index (χ2n) is 7.16. The minimum atomic E-state index is -0.777. The summed E-state index contributed by atoms with van der Waals surface area (Å²) in [4.78, 5) is 25.0. The van der Waals surface area contributed by atoms with Gasteiger partial charge in [-0.3, -0.25) is 4.79 Å². The van der Waals surface area contributed by atoms with Crippen LogP contribution in [0.4, 0.5) is 10.1 Å². The highest BCUT2D eigenvalue weighted by atomic mass is 35.5. The summed E-state index contributed by atoms with van der Waals surface area (Å²) in [5, 5.41) is 0.373. The number of nitrogen functional groups attached to an aromatic ring is 1. The summed E-state index contributed by atoms with van der Waals surface area (Å²) < 4.78 is 20.2. The number of hydrogen-bond donors (Lipinski definition) is 1. The number of rotatable bonds is 7. The number of esters is 1. The van der Waals surface area contributed by atoms with Gasteiger partial charge in [-0.15, -0.1) is 0 Å². The highest BCUT2D eigenvalue weighted by Crippen LogP contribution is 2.28. The zero-order valence-electron chi connectivity index (χ0n) is 17.0. The number of nitrogens with zero attached hydrogens (tertiary/aromatic N) is 1. The molecule has 0 aliphatic heterocycles. The Kier molecular flexibility index (Phi) is 7.03. The Morgan fingerprint density at radius 1 is 1.06 bits per heavy atom. The van der Waals surface area contributed by atoms with E-state index in [9.17, 15) is 14.0 Å². The molecule has 0 aliphatic carbocycles. The van der Waals surface area contributed by atoms with E-state index >= 15 is 0 Å². The van der Waals surface area contributed by atoms with Crippen LogP contribution in [0.1, 0.15) is 37.7 Å². The second-order valence-corrected chi connectivity index (χ2v) is 8.00. The zero-order chi connectivity index (χ0) is 22.7. The molecule has 3 aromatic rings. The van der Waals surface area contributed by atoms with Crippen molar-refractivity contribution in [2.75, 3.05) is 12.3 Å². The first-order valence-electron chi connectivity index (χ1n) is 9.53. The average molecular weight is 463 g/mol. The summed E-state index contributed by atoms with van der Waals surface area (Å²) in [6.45, 7) is 3.93. The smallest absolute Gasteiger partial charge is 0.340 e. The Labute approximate surface area is 189 Å². The average Bonchev–Trinajstić information content (AvgIpc) is 3.02. The van der Waals surface area contributed by atoms with Crippen molar-refractivity contribution in [3.63, 3.8) is 0 Å². The van der Waals surface area contributed by atoms with Crippen LogP contribution in [0.5, 0.6) is 0 Å². The van der Waals surface area contributed by atoms with Crippen LogP contribution >= 0.6 is 23.2 Å². The van der Waals surface area contributed by atoms with Gasteiger partial charge in [0.15, 0.2) is 6.61 Å². The van der Waals surface area contributed by atoms with Crippen molar-refractivity contribution in [3.8, 4) is 0 Å². The lowest BCUT2D eigenvalue weighted by Gasteiger charge is -2.10. The van der Waals surface area contributed by atoms with E-state index < -0.39 is 12.6 Å². The number of carbonyl (C=O) groups is 2. The van der Waals surface area contributed by atoms with E-state index in [-0.39, 0.29) is 32.9 Å². The molecule has 0 amide bonds. The molecule has 0 bridgehead atoms. The third-order valence-corrected chi connectivity index (χ3v) is 5.59. The molecule has 3 rings (SSSR count). The van der Waals surface area contributed by atoms with Crippen molar-refractivity contribution in [1.82, 2.24) is 4.57 Å². The number of benzene rings is 2. The molecular weight excluding hydrogens is 442 g/mol. The minimum absolute atomic E-state index is 0.00932. The molecule has 0 unspecified atom stereocenters. The van der Waals surface area contributed by atoms with Gasteiger partial charge in [-0.1, -0.05) is 35.3 Å². The number of nitrogens with two attached hydrogens (primary N) is 1. The summed E-state index contributed by atoms with van der Waals surface area (Å²) in [5.41, 5.74) is 9.00. The number of aromatic nitrogens is 1. The van der Waals surface area contributed by atoms with Gasteiger partial charge in [0, 0.05) is 28.5 Å². The predicted octanol–water partition coefficient (Wildman–Crippen LogP) is 5.42. The maximum absolute atomic E-state index is 13.1. The monoisotopic (exact) mass is 462 g/mol. The number of ketones is 1. The van der Waals surface area contributed by atoms with Gasteiger partial charge >= 0.3 is 5.97 Å². The van der Waals surface area contributed by atoms with Crippen LogP contribution < -0.4 is 5.73 Å². The van der Waals surface area contributed by atoms with Crippen molar-refractivity contribution >= 4 is 40.6 Å². The molecule has 0 atom stereocenters. The maximum atomic E-state index is 13.1. The summed E-state index contributed by atoms with van der Waals surface area (Å²) >= 11 is 11.9. The number of carbonyl (C=O) groups excluding carboxylic acids is 2. The highest BCUT2D eigenvalue weighted by Gasteiger charge is 2.20. The van der Waals surface area contributed by atoms with E-state index in [0.29, 0.717) is 18.5 Å². The number of ether oxygens (including phenoxy) is 1. The zero-order valence-corrected chi connectivity index (χ0v) is 18.6. The Hall–Kier alpha value is -2.83. The molecule has 1 heterocycles. The third-order valence-electron chi connectivity index (χ3n) is 5.06. The Bertz CT molecular complexity index is 1140. The molecular formula is C23H21Cl2FN2O3. The molecule has 162 valence electrons.